The number of aryl methyl sites for hydroxylation is 1. The van der Waals surface area contributed by atoms with Gasteiger partial charge in [0.2, 0.25) is 0 Å². The fraction of sp³-hybridized carbons (Fsp3) is 0.250. The Hall–Kier alpha value is -5.46. The molecule has 52 heavy (non-hydrogen) atoms. The molecule has 5 heterocycles. The highest BCUT2D eigenvalue weighted by Gasteiger charge is 2.45. The maximum Gasteiger partial charge on any atom is 0.265 e. The lowest BCUT2D eigenvalue weighted by Crippen LogP contribution is -2.59. The predicted molar refractivity (Wildman–Crippen MR) is 198 cm³/mol. The molecule has 2 saturated heterocycles. The quantitative estimate of drug-likeness (QED) is 0.186. The van der Waals surface area contributed by atoms with Gasteiger partial charge in [0.1, 0.15) is 17.5 Å². The first-order valence-electron chi connectivity index (χ1n) is 17.2. The first kappa shape index (κ1) is 33.7. The molecule has 2 N–H and O–H groups in total. The zero-order valence-corrected chi connectivity index (χ0v) is 29.2. The Morgan fingerprint density at radius 1 is 0.885 bits per heavy atom. The van der Waals surface area contributed by atoms with E-state index in [1.165, 1.54) is 35.6 Å². The van der Waals surface area contributed by atoms with E-state index in [-0.39, 0.29) is 29.5 Å². The van der Waals surface area contributed by atoms with Gasteiger partial charge in [-0.3, -0.25) is 14.4 Å². The zero-order chi connectivity index (χ0) is 36.0. The van der Waals surface area contributed by atoms with Crippen molar-refractivity contribution < 1.29 is 27.9 Å². The fourth-order valence-electron chi connectivity index (χ4n) is 7.23. The summed E-state index contributed by atoms with van der Waals surface area (Å²) in [5, 5.41) is 5.58. The van der Waals surface area contributed by atoms with Crippen LogP contribution in [0.3, 0.4) is 0 Å². The van der Waals surface area contributed by atoms with E-state index in [4.69, 9.17) is 9.72 Å². The topological polar surface area (TPSA) is 104 Å². The molecule has 264 valence electrons. The van der Waals surface area contributed by atoms with Crippen LogP contribution in [0.4, 0.5) is 31.7 Å². The number of rotatable bonds is 6. The summed E-state index contributed by atoms with van der Waals surface area (Å²) in [6, 6.07) is 22.2. The highest BCUT2D eigenvalue weighted by molar-refractivity contribution is 7.17. The first-order chi connectivity index (χ1) is 25.2. The van der Waals surface area contributed by atoms with Gasteiger partial charge in [-0.2, -0.15) is 0 Å². The van der Waals surface area contributed by atoms with E-state index in [0.717, 1.165) is 55.3 Å². The van der Waals surface area contributed by atoms with Crippen molar-refractivity contribution in [2.75, 3.05) is 53.3 Å². The Morgan fingerprint density at radius 3 is 2.42 bits per heavy atom. The van der Waals surface area contributed by atoms with Crippen LogP contribution < -0.4 is 20.4 Å². The number of aromatic nitrogens is 1. The molecule has 3 aliphatic heterocycles. The number of nitrogens with one attached hydrogen (secondary N) is 2. The van der Waals surface area contributed by atoms with Gasteiger partial charge in [0.15, 0.2) is 0 Å². The summed E-state index contributed by atoms with van der Waals surface area (Å²) in [5.74, 6) is -1.45. The summed E-state index contributed by atoms with van der Waals surface area (Å²) < 4.78 is 34.5. The molecule has 0 unspecified atom stereocenters. The van der Waals surface area contributed by atoms with Gasteiger partial charge in [-0.1, -0.05) is 12.1 Å². The number of ether oxygens (including phenoxy) is 1. The lowest BCUT2D eigenvalue weighted by atomic mass is 9.73. The summed E-state index contributed by atoms with van der Waals surface area (Å²) in [6.07, 6.45) is 2.42. The van der Waals surface area contributed by atoms with Crippen molar-refractivity contribution in [1.29, 1.82) is 0 Å². The van der Waals surface area contributed by atoms with Crippen LogP contribution in [0.2, 0.25) is 0 Å². The van der Waals surface area contributed by atoms with Gasteiger partial charge in [0.05, 0.1) is 21.8 Å². The Bertz CT molecular complexity index is 2210. The maximum atomic E-state index is 14.7. The van der Waals surface area contributed by atoms with Gasteiger partial charge >= 0.3 is 0 Å². The number of anilines is 4. The summed E-state index contributed by atoms with van der Waals surface area (Å²) in [7, 11) is 0. The Balaban J connectivity index is 0.987. The van der Waals surface area contributed by atoms with Crippen LogP contribution in [0.5, 0.6) is 0 Å². The van der Waals surface area contributed by atoms with Crippen molar-refractivity contribution >= 4 is 51.9 Å². The van der Waals surface area contributed by atoms with Crippen molar-refractivity contribution in [1.82, 2.24) is 4.98 Å². The molecule has 2 aromatic heterocycles. The molecule has 3 aromatic carbocycles. The number of fused-ring (bicyclic) bond motifs is 3. The maximum absolute atomic E-state index is 14.7. The summed E-state index contributed by atoms with van der Waals surface area (Å²) in [6.45, 7) is 5.35. The minimum atomic E-state index is -0.539. The molecule has 0 atom stereocenters. The van der Waals surface area contributed by atoms with Crippen molar-refractivity contribution in [3.63, 3.8) is 0 Å². The van der Waals surface area contributed by atoms with Crippen LogP contribution in [0, 0.1) is 24.0 Å². The first-order valence-corrected chi connectivity index (χ1v) is 18.0. The van der Waals surface area contributed by atoms with Crippen molar-refractivity contribution in [2.24, 2.45) is 5.41 Å². The lowest BCUT2D eigenvalue weighted by Gasteiger charge is -2.53. The van der Waals surface area contributed by atoms with E-state index in [1.807, 2.05) is 13.0 Å². The number of carbonyl (C=O) groups is 3. The molecule has 1 spiro atoms. The molecule has 8 rings (SSSR count). The second kappa shape index (κ2) is 13.6. The number of pyridine rings is 1. The van der Waals surface area contributed by atoms with Gasteiger partial charge in [0, 0.05) is 65.6 Å². The minimum Gasteiger partial charge on any atom is -0.381 e. The highest BCUT2D eigenvalue weighted by atomic mass is 32.1. The summed E-state index contributed by atoms with van der Waals surface area (Å²) in [5.41, 5.74) is 4.32. The molecule has 12 heteroatoms. The fourth-order valence-corrected chi connectivity index (χ4v) is 8.37. The van der Waals surface area contributed by atoms with Crippen LogP contribution in [0.1, 0.15) is 54.5 Å². The number of halogens is 2. The Labute approximate surface area is 303 Å². The molecule has 3 amide bonds. The Kier molecular flexibility index (Phi) is 8.80. The summed E-state index contributed by atoms with van der Waals surface area (Å²) in [4.78, 5) is 50.1. The van der Waals surface area contributed by atoms with E-state index in [9.17, 15) is 23.2 Å². The monoisotopic (exact) mass is 719 g/mol. The third kappa shape index (κ3) is 6.44. The Morgan fingerprint density at radius 2 is 1.65 bits per heavy atom. The number of hydrogen-bond donors (Lipinski definition) is 2. The molecule has 0 saturated carbocycles. The number of hydrogen-bond acceptors (Lipinski definition) is 7. The molecule has 0 radical (unpaired) electrons. The molecule has 9 nitrogen and oxygen atoms in total. The molecular formula is C40H35F2N5O4S. The van der Waals surface area contributed by atoms with Crippen LogP contribution in [-0.2, 0) is 11.2 Å². The third-order valence-electron chi connectivity index (χ3n) is 10.1. The highest BCUT2D eigenvalue weighted by Crippen LogP contribution is 2.44. The number of para-hydroxylation sites is 1. The normalized spacial score (nSPS) is 16.0. The van der Waals surface area contributed by atoms with Crippen LogP contribution in [0.15, 0.2) is 84.9 Å². The second-order valence-electron chi connectivity index (χ2n) is 13.6. The SMILES string of the molecule is Cc1ccc(C(=O)Nc2ccc(C(=O)N3CCc4cc(C(=O)Nc5ccccc5F)sc4-c4ccc(F)cc43)cc2)c(N2CC3(CCOCC3)C2)n1. The number of nitrogens with zero attached hydrogens (tertiary/aromatic N) is 3. The van der Waals surface area contributed by atoms with Gasteiger partial charge in [-0.15, -0.1) is 11.3 Å². The number of benzene rings is 3. The average molecular weight is 720 g/mol. The minimum absolute atomic E-state index is 0.0769. The van der Waals surface area contributed by atoms with Gasteiger partial charge in [-0.05, 0) is 105 Å². The lowest BCUT2D eigenvalue weighted by molar-refractivity contribution is -0.000519. The average Bonchev–Trinajstić information content (AvgIpc) is 3.50. The van der Waals surface area contributed by atoms with Crippen molar-refractivity contribution in [3.05, 3.63) is 124 Å². The largest absolute Gasteiger partial charge is 0.381 e. The predicted octanol–water partition coefficient (Wildman–Crippen LogP) is 7.72. The van der Waals surface area contributed by atoms with Gasteiger partial charge in [-0.25, -0.2) is 13.8 Å². The third-order valence-corrected chi connectivity index (χ3v) is 11.3. The van der Waals surface area contributed by atoms with Crippen LogP contribution in [-0.4, -0.2) is 55.6 Å². The standard InChI is InChI=1S/C40H35F2N5O4S/c1-24-6-12-30(36(43-24)46-22-40(23-46)15-18-51-19-16-40)37(48)44-28-10-7-25(8-11-28)39(50)47-17-14-26-20-34(38(49)45-32-5-3-2-4-31(32)42)52-35(26)29-13-9-27(41)21-33(29)47/h2-13,20-21H,14-19,22-23H2,1H3,(H,44,48)(H,45,49). The molecule has 5 aromatic rings. The van der Waals surface area contributed by atoms with Crippen LogP contribution in [0.25, 0.3) is 10.4 Å². The van der Waals surface area contributed by atoms with Crippen LogP contribution >= 0.6 is 11.3 Å². The van der Waals surface area contributed by atoms with Crippen molar-refractivity contribution in [3.8, 4) is 10.4 Å². The molecular weight excluding hydrogens is 685 g/mol. The summed E-state index contributed by atoms with van der Waals surface area (Å²) >= 11 is 1.21. The van der Waals surface area contributed by atoms with Gasteiger partial charge in [0.25, 0.3) is 17.7 Å². The molecule has 2 fully saturated rings. The molecule has 3 aliphatic rings. The van der Waals surface area contributed by atoms with Gasteiger partial charge < -0.3 is 25.2 Å². The molecule has 0 bridgehead atoms. The zero-order valence-electron chi connectivity index (χ0n) is 28.4. The molecule has 0 aliphatic carbocycles. The number of amides is 3. The van der Waals surface area contributed by atoms with E-state index < -0.39 is 17.5 Å². The smallest absolute Gasteiger partial charge is 0.265 e. The second-order valence-corrected chi connectivity index (χ2v) is 14.6. The van der Waals surface area contributed by atoms with Crippen molar-refractivity contribution in [2.45, 2.75) is 26.2 Å². The van der Waals surface area contributed by atoms with E-state index >= 15 is 0 Å². The number of thiophene rings is 1. The van der Waals surface area contributed by atoms with E-state index in [2.05, 4.69) is 15.5 Å². The number of carbonyl (C=O) groups excluding carboxylic acids is 3. The van der Waals surface area contributed by atoms with E-state index in [0.29, 0.717) is 45.2 Å². The van der Waals surface area contributed by atoms with E-state index in [1.54, 1.807) is 59.5 Å².